The number of aromatic nitrogens is 1. The summed E-state index contributed by atoms with van der Waals surface area (Å²) >= 11 is 5.97. The van der Waals surface area contributed by atoms with Crippen molar-refractivity contribution in [1.29, 1.82) is 0 Å². The van der Waals surface area contributed by atoms with Crippen LogP contribution < -0.4 is 15.4 Å². The molecule has 210 valence electrons. The fraction of sp³-hybridized carbons (Fsp3) is 0.308. The molecule has 0 bridgehead atoms. The predicted molar refractivity (Wildman–Crippen MR) is 130 cm³/mol. The van der Waals surface area contributed by atoms with Crippen molar-refractivity contribution in [2.45, 2.75) is 50.3 Å². The van der Waals surface area contributed by atoms with Gasteiger partial charge in [-0.2, -0.15) is 17.6 Å². The third-order valence-corrected chi connectivity index (χ3v) is 6.01. The summed E-state index contributed by atoms with van der Waals surface area (Å²) in [6, 6.07) is 10.3. The fourth-order valence-corrected chi connectivity index (χ4v) is 3.79. The van der Waals surface area contributed by atoms with Gasteiger partial charge in [0.05, 0.1) is 16.8 Å². The van der Waals surface area contributed by atoms with Gasteiger partial charge >= 0.3 is 18.6 Å². The van der Waals surface area contributed by atoms with Gasteiger partial charge in [0.1, 0.15) is 17.1 Å². The van der Waals surface area contributed by atoms with E-state index < -0.39 is 47.6 Å². The third kappa shape index (κ3) is 7.53. The number of urea groups is 1. The minimum atomic E-state index is -4.96. The Labute approximate surface area is 224 Å². The first-order chi connectivity index (χ1) is 18.1. The van der Waals surface area contributed by atoms with Crippen molar-refractivity contribution >= 4 is 17.6 Å². The smallest absolute Gasteiger partial charge is 0.428 e. The van der Waals surface area contributed by atoms with Crippen molar-refractivity contribution < 1.29 is 40.3 Å². The molecule has 1 unspecified atom stereocenters. The van der Waals surface area contributed by atoms with Crippen LogP contribution in [0.2, 0.25) is 5.02 Å². The van der Waals surface area contributed by atoms with Crippen molar-refractivity contribution in [1.82, 2.24) is 15.6 Å². The molecular weight excluding hydrogens is 555 g/mol. The Balaban J connectivity index is 2.23. The molecule has 2 N–H and O–H groups in total. The number of carbonyl (C=O) groups is 1. The highest BCUT2D eigenvalue weighted by Crippen LogP contribution is 2.37. The summed E-state index contributed by atoms with van der Waals surface area (Å²) in [6.07, 6.45) is -8.20. The van der Waals surface area contributed by atoms with Crippen molar-refractivity contribution in [2.24, 2.45) is 0 Å². The predicted octanol–water partition coefficient (Wildman–Crippen LogP) is 6.94. The lowest BCUT2D eigenvalue weighted by Crippen LogP contribution is -2.56. The zero-order valence-electron chi connectivity index (χ0n) is 20.5. The van der Waals surface area contributed by atoms with Gasteiger partial charge in [0, 0.05) is 25.6 Å². The number of hydrogen-bond acceptors (Lipinski definition) is 3. The van der Waals surface area contributed by atoms with Crippen LogP contribution in [0.5, 0.6) is 5.75 Å². The van der Waals surface area contributed by atoms with Crippen LogP contribution in [0, 0.1) is 5.82 Å². The van der Waals surface area contributed by atoms with E-state index in [-0.39, 0.29) is 22.7 Å². The third-order valence-electron chi connectivity index (χ3n) is 5.78. The first kappa shape index (κ1) is 30.0. The Bertz CT molecular complexity index is 1270. The van der Waals surface area contributed by atoms with Crippen LogP contribution in [0.4, 0.5) is 35.5 Å². The molecule has 3 aromatic rings. The molecular formula is C26H23ClF7N3O2. The maximum atomic E-state index is 14.8. The molecule has 0 aliphatic carbocycles. The molecule has 5 nitrogen and oxygen atoms in total. The molecule has 0 fully saturated rings. The normalized spacial score (nSPS) is 14.4. The van der Waals surface area contributed by atoms with Crippen LogP contribution in [-0.2, 0) is 12.0 Å². The van der Waals surface area contributed by atoms with Gasteiger partial charge in [-0.1, -0.05) is 41.9 Å². The van der Waals surface area contributed by atoms with E-state index in [0.29, 0.717) is 18.6 Å². The molecule has 0 saturated heterocycles. The van der Waals surface area contributed by atoms with Gasteiger partial charge in [0.2, 0.25) is 0 Å². The number of hydrogen-bond donors (Lipinski definition) is 2. The molecule has 0 aliphatic heterocycles. The van der Waals surface area contributed by atoms with Gasteiger partial charge in [0.25, 0.3) is 5.92 Å². The molecule has 0 spiro atoms. The van der Waals surface area contributed by atoms with Gasteiger partial charge in [-0.15, -0.1) is 0 Å². The van der Waals surface area contributed by atoms with E-state index >= 15 is 0 Å². The lowest BCUT2D eigenvalue weighted by molar-refractivity contribution is -0.253. The van der Waals surface area contributed by atoms with E-state index in [0.717, 1.165) is 19.1 Å². The molecule has 1 aromatic heterocycles. The fourth-order valence-electron chi connectivity index (χ4n) is 3.67. The van der Waals surface area contributed by atoms with E-state index in [1.807, 2.05) is 0 Å². The van der Waals surface area contributed by atoms with Gasteiger partial charge in [-0.05, 0) is 42.3 Å². The molecule has 1 heterocycles. The number of alkyl halides is 6. The molecule has 0 saturated carbocycles. The molecule has 0 aliphatic rings. The average molecular weight is 578 g/mol. The second-order valence-electron chi connectivity index (χ2n) is 8.85. The first-order valence-corrected chi connectivity index (χ1v) is 11.8. The van der Waals surface area contributed by atoms with Crippen LogP contribution >= 0.6 is 11.6 Å². The van der Waals surface area contributed by atoms with Crippen molar-refractivity contribution in [3.8, 4) is 5.75 Å². The van der Waals surface area contributed by atoms with Gasteiger partial charge in [-0.3, -0.25) is 4.98 Å². The Kier molecular flexibility index (Phi) is 8.99. The van der Waals surface area contributed by atoms with Crippen LogP contribution in [0.1, 0.15) is 30.7 Å². The maximum absolute atomic E-state index is 14.8. The topological polar surface area (TPSA) is 63.2 Å². The SMILES string of the molecule is CC(NC(=O)N[C@@](Cc1ccccc1)(c1cc(F)cc(OC(F)(F)C(F)F)c1)c1ccc(Cl)cn1)C(C)(F)F. The Morgan fingerprint density at radius 2 is 1.72 bits per heavy atom. The standard InChI is InChI=1S/C26H23ClF7N3O2/c1-15(24(2,31)32)36-23(38)37-25(13-16-6-4-3-5-7-16,21-9-8-18(27)14-35-21)17-10-19(28)12-20(11-17)39-26(33,34)22(29)30/h3-12,14-15,22H,13H2,1-2H3,(H2,36,37,38)/t15?,25-/m0/s1. The van der Waals surface area contributed by atoms with Crippen molar-refractivity contribution in [2.75, 3.05) is 0 Å². The van der Waals surface area contributed by atoms with Crippen molar-refractivity contribution in [3.63, 3.8) is 0 Å². The van der Waals surface area contributed by atoms with E-state index in [9.17, 15) is 35.5 Å². The van der Waals surface area contributed by atoms with Crippen LogP contribution in [-0.4, -0.2) is 35.5 Å². The average Bonchev–Trinajstić information content (AvgIpc) is 2.83. The van der Waals surface area contributed by atoms with Gasteiger partial charge < -0.3 is 15.4 Å². The molecule has 0 radical (unpaired) electrons. The summed E-state index contributed by atoms with van der Waals surface area (Å²) in [4.78, 5) is 17.3. The highest BCUT2D eigenvalue weighted by Gasteiger charge is 2.45. The summed E-state index contributed by atoms with van der Waals surface area (Å²) in [7, 11) is 0. The molecule has 2 amide bonds. The number of pyridine rings is 1. The Morgan fingerprint density at radius 1 is 1.05 bits per heavy atom. The van der Waals surface area contributed by atoms with E-state index in [2.05, 4.69) is 20.4 Å². The molecule has 2 atom stereocenters. The number of amides is 2. The number of halogens is 8. The summed E-state index contributed by atoms with van der Waals surface area (Å²) < 4.78 is 99.5. The highest BCUT2D eigenvalue weighted by molar-refractivity contribution is 6.30. The summed E-state index contributed by atoms with van der Waals surface area (Å²) in [5.41, 5.74) is -1.65. The Morgan fingerprint density at radius 3 is 2.28 bits per heavy atom. The molecule has 2 aromatic carbocycles. The second kappa shape index (κ2) is 11.7. The Hall–Kier alpha value is -3.54. The van der Waals surface area contributed by atoms with E-state index in [4.69, 9.17) is 11.6 Å². The molecule has 39 heavy (non-hydrogen) atoms. The summed E-state index contributed by atoms with van der Waals surface area (Å²) in [5.74, 6) is -5.47. The quantitative estimate of drug-likeness (QED) is 0.257. The maximum Gasteiger partial charge on any atom is 0.461 e. The van der Waals surface area contributed by atoms with E-state index in [1.54, 1.807) is 30.3 Å². The van der Waals surface area contributed by atoms with Crippen LogP contribution in [0.25, 0.3) is 0 Å². The number of ether oxygens (including phenoxy) is 1. The first-order valence-electron chi connectivity index (χ1n) is 11.4. The monoisotopic (exact) mass is 577 g/mol. The zero-order chi connectivity index (χ0) is 29.0. The number of carbonyl (C=O) groups excluding carboxylic acids is 1. The van der Waals surface area contributed by atoms with Crippen molar-refractivity contribution in [3.05, 3.63) is 94.5 Å². The number of nitrogens with one attached hydrogen (secondary N) is 2. The largest absolute Gasteiger partial charge is 0.461 e. The second-order valence-corrected chi connectivity index (χ2v) is 9.28. The lowest BCUT2D eigenvalue weighted by atomic mass is 9.80. The van der Waals surface area contributed by atoms with Gasteiger partial charge in [0.15, 0.2) is 0 Å². The summed E-state index contributed by atoms with van der Waals surface area (Å²) in [5, 5.41) is 4.80. The molecule has 13 heteroatoms. The number of rotatable bonds is 10. The highest BCUT2D eigenvalue weighted by atomic mass is 35.5. The minimum absolute atomic E-state index is 0.000940. The minimum Gasteiger partial charge on any atom is -0.428 e. The van der Waals surface area contributed by atoms with Crippen LogP contribution in [0.3, 0.4) is 0 Å². The number of benzene rings is 2. The van der Waals surface area contributed by atoms with E-state index in [1.165, 1.54) is 18.3 Å². The van der Waals surface area contributed by atoms with Gasteiger partial charge in [-0.25, -0.2) is 18.0 Å². The zero-order valence-corrected chi connectivity index (χ0v) is 21.3. The number of nitrogens with zero attached hydrogens (tertiary/aromatic N) is 1. The molecule has 3 rings (SSSR count). The lowest BCUT2D eigenvalue weighted by Gasteiger charge is -2.36. The summed E-state index contributed by atoms with van der Waals surface area (Å²) in [6.45, 7) is 1.65. The van der Waals surface area contributed by atoms with Crippen LogP contribution in [0.15, 0.2) is 66.9 Å².